The van der Waals surface area contributed by atoms with Crippen molar-refractivity contribution in [2.24, 2.45) is 0 Å². The van der Waals surface area contributed by atoms with Gasteiger partial charge in [0.1, 0.15) is 18.8 Å². The molecule has 0 saturated heterocycles. The molecule has 1 aromatic carbocycles. The van der Waals surface area contributed by atoms with Crippen molar-refractivity contribution in [3.8, 4) is 0 Å². The number of amides is 1. The van der Waals surface area contributed by atoms with Gasteiger partial charge < -0.3 is 19.1 Å². The molecule has 0 saturated carbocycles. The third kappa shape index (κ3) is 25.0. The average Bonchev–Trinajstić information content (AvgIpc) is 3.04. The molecule has 0 N–H and O–H groups in total. The van der Waals surface area contributed by atoms with Crippen molar-refractivity contribution in [2.45, 2.75) is 162 Å². The molecular formula is C41H67NO6. The highest BCUT2D eigenvalue weighted by Gasteiger charge is 2.22. The summed E-state index contributed by atoms with van der Waals surface area (Å²) in [6.07, 6.45) is 25.6. The molecule has 272 valence electrons. The fourth-order valence-corrected chi connectivity index (χ4v) is 5.19. The van der Waals surface area contributed by atoms with Crippen LogP contribution in [0.5, 0.6) is 0 Å². The first-order valence-corrected chi connectivity index (χ1v) is 18.8. The van der Waals surface area contributed by atoms with Crippen molar-refractivity contribution in [2.75, 3.05) is 19.8 Å². The molecule has 0 heterocycles. The minimum atomic E-state index is -0.583. The lowest BCUT2D eigenvalue weighted by atomic mass is 10.1. The second-order valence-corrected chi connectivity index (χ2v) is 13.7. The number of unbranched alkanes of at least 4 members (excludes halogenated alkanes) is 12. The summed E-state index contributed by atoms with van der Waals surface area (Å²) < 4.78 is 16.4. The van der Waals surface area contributed by atoms with Crippen LogP contribution in [0.4, 0.5) is 4.79 Å². The molecule has 1 rings (SSSR count). The second-order valence-electron chi connectivity index (χ2n) is 13.7. The largest absolute Gasteiger partial charge is 0.461 e. The van der Waals surface area contributed by atoms with Gasteiger partial charge in [0.25, 0.3) is 0 Å². The van der Waals surface area contributed by atoms with E-state index in [1.54, 1.807) is 4.90 Å². The molecule has 0 aromatic heterocycles. The van der Waals surface area contributed by atoms with Crippen LogP contribution in [0.25, 0.3) is 0 Å². The number of nitrogens with zero attached hydrogens (tertiary/aromatic N) is 1. The van der Waals surface area contributed by atoms with Crippen LogP contribution in [-0.4, -0.2) is 48.3 Å². The topological polar surface area (TPSA) is 82.1 Å². The Labute approximate surface area is 292 Å². The van der Waals surface area contributed by atoms with Gasteiger partial charge in [-0.3, -0.25) is 9.59 Å². The molecule has 0 atom stereocenters. The van der Waals surface area contributed by atoms with Gasteiger partial charge in [-0.05, 0) is 76.8 Å². The van der Waals surface area contributed by atoms with Crippen LogP contribution in [0.2, 0.25) is 0 Å². The summed E-state index contributed by atoms with van der Waals surface area (Å²) in [4.78, 5) is 39.1. The number of aryl methyl sites for hydroxylation is 1. The van der Waals surface area contributed by atoms with Crippen LogP contribution in [0.15, 0.2) is 48.6 Å². The van der Waals surface area contributed by atoms with E-state index in [9.17, 15) is 14.4 Å². The summed E-state index contributed by atoms with van der Waals surface area (Å²) in [5, 5.41) is 0. The molecule has 0 unspecified atom stereocenters. The van der Waals surface area contributed by atoms with Crippen molar-refractivity contribution in [1.29, 1.82) is 0 Å². The number of hydrogen-bond acceptors (Lipinski definition) is 6. The molecule has 0 spiro atoms. The van der Waals surface area contributed by atoms with Crippen LogP contribution in [0, 0.1) is 0 Å². The van der Waals surface area contributed by atoms with E-state index in [2.05, 4.69) is 32.1 Å². The molecule has 0 aliphatic carbocycles. The molecule has 0 radical (unpaired) electrons. The summed E-state index contributed by atoms with van der Waals surface area (Å²) in [6.45, 7) is 11.8. The van der Waals surface area contributed by atoms with Crippen molar-refractivity contribution < 1.29 is 28.6 Å². The first-order chi connectivity index (χ1) is 23.1. The highest BCUT2D eigenvalue weighted by Crippen LogP contribution is 2.17. The van der Waals surface area contributed by atoms with Gasteiger partial charge in [0.15, 0.2) is 0 Å². The Balaban J connectivity index is 2.42. The number of allylic oxidation sites excluding steroid dienone is 2. The normalized spacial score (nSPS) is 11.7. The van der Waals surface area contributed by atoms with Crippen LogP contribution in [0.3, 0.4) is 0 Å². The Bertz CT molecular complexity index is 1060. The standard InChI is InChI=1S/C41H67NO6/c1-6-8-10-12-14-19-23-32-46-38(43)28-21-17-16-18-22-31-42(40(45)48-41(3,4)5)35-37-27-25-26-36(34-37)29-30-39(44)47-33-24-20-15-13-11-9-7-2/h19-20,23-27,34H,6-18,21-22,28-33,35H2,1-5H3/b23-19-,24-20-. The van der Waals surface area contributed by atoms with Gasteiger partial charge in [-0.2, -0.15) is 0 Å². The Morgan fingerprint density at radius 2 is 1.21 bits per heavy atom. The van der Waals surface area contributed by atoms with Crippen LogP contribution < -0.4 is 0 Å². The zero-order chi connectivity index (χ0) is 35.3. The van der Waals surface area contributed by atoms with E-state index in [1.807, 2.05) is 51.1 Å². The molecule has 0 fully saturated rings. The van der Waals surface area contributed by atoms with Gasteiger partial charge in [0.05, 0.1) is 0 Å². The average molecular weight is 670 g/mol. The van der Waals surface area contributed by atoms with Crippen molar-refractivity contribution in [1.82, 2.24) is 4.90 Å². The van der Waals surface area contributed by atoms with E-state index in [-0.39, 0.29) is 18.0 Å². The molecule has 1 amide bonds. The molecule has 1 aromatic rings. The third-order valence-electron chi connectivity index (χ3n) is 7.91. The van der Waals surface area contributed by atoms with Gasteiger partial charge >= 0.3 is 18.0 Å². The fraction of sp³-hybridized carbons (Fsp3) is 0.683. The monoisotopic (exact) mass is 669 g/mol. The minimum absolute atomic E-state index is 0.137. The number of benzene rings is 1. The predicted molar refractivity (Wildman–Crippen MR) is 197 cm³/mol. The summed E-state index contributed by atoms with van der Waals surface area (Å²) >= 11 is 0. The second kappa shape index (κ2) is 27.8. The molecule has 0 aliphatic rings. The maximum atomic E-state index is 13.1. The summed E-state index contributed by atoms with van der Waals surface area (Å²) in [5.74, 6) is -0.342. The first kappa shape index (κ1) is 42.9. The van der Waals surface area contributed by atoms with E-state index in [0.717, 1.165) is 56.1 Å². The first-order valence-electron chi connectivity index (χ1n) is 18.8. The summed E-state index contributed by atoms with van der Waals surface area (Å²) in [7, 11) is 0. The van der Waals surface area contributed by atoms with E-state index in [4.69, 9.17) is 14.2 Å². The van der Waals surface area contributed by atoms with Gasteiger partial charge in [-0.25, -0.2) is 4.79 Å². The summed E-state index contributed by atoms with van der Waals surface area (Å²) in [5.41, 5.74) is 1.46. The van der Waals surface area contributed by atoms with Gasteiger partial charge in [-0.1, -0.05) is 120 Å². The van der Waals surface area contributed by atoms with Crippen molar-refractivity contribution in [3.63, 3.8) is 0 Å². The molecular weight excluding hydrogens is 602 g/mol. The lowest BCUT2D eigenvalue weighted by molar-refractivity contribution is -0.143. The maximum Gasteiger partial charge on any atom is 0.410 e. The minimum Gasteiger partial charge on any atom is -0.461 e. The van der Waals surface area contributed by atoms with Gasteiger partial charge in [0, 0.05) is 25.9 Å². The third-order valence-corrected chi connectivity index (χ3v) is 7.91. The van der Waals surface area contributed by atoms with E-state index < -0.39 is 5.60 Å². The smallest absolute Gasteiger partial charge is 0.410 e. The van der Waals surface area contributed by atoms with Crippen LogP contribution in [0.1, 0.15) is 155 Å². The molecule has 0 bridgehead atoms. The SMILES string of the molecule is CCCCCC/C=C\COC(=O)CCCCCCCN(Cc1cccc(CCC(=O)OC/C=C\CCCCCC)c1)C(=O)OC(C)(C)C. The summed E-state index contributed by atoms with van der Waals surface area (Å²) in [6, 6.07) is 8.05. The number of rotatable bonds is 27. The van der Waals surface area contributed by atoms with Gasteiger partial charge in [0.2, 0.25) is 0 Å². The molecule has 7 heteroatoms. The molecule has 7 nitrogen and oxygen atoms in total. The van der Waals surface area contributed by atoms with E-state index >= 15 is 0 Å². The number of esters is 2. The molecule has 48 heavy (non-hydrogen) atoms. The maximum absolute atomic E-state index is 13.1. The van der Waals surface area contributed by atoms with Crippen molar-refractivity contribution >= 4 is 18.0 Å². The predicted octanol–water partition coefficient (Wildman–Crippen LogP) is 10.8. The Morgan fingerprint density at radius 1 is 0.667 bits per heavy atom. The number of ether oxygens (including phenoxy) is 3. The zero-order valence-electron chi connectivity index (χ0n) is 31.1. The fourth-order valence-electron chi connectivity index (χ4n) is 5.19. The lowest BCUT2D eigenvalue weighted by Gasteiger charge is -2.27. The quantitative estimate of drug-likeness (QED) is 0.0401. The van der Waals surface area contributed by atoms with Crippen LogP contribution >= 0.6 is 0 Å². The van der Waals surface area contributed by atoms with E-state index in [1.165, 1.54) is 51.4 Å². The number of hydrogen-bond donors (Lipinski definition) is 0. The Morgan fingerprint density at radius 3 is 1.81 bits per heavy atom. The van der Waals surface area contributed by atoms with Crippen LogP contribution in [-0.2, 0) is 36.8 Å². The zero-order valence-corrected chi connectivity index (χ0v) is 31.1. The van der Waals surface area contributed by atoms with E-state index in [0.29, 0.717) is 45.6 Å². The number of carbonyl (C=O) groups is 3. The lowest BCUT2D eigenvalue weighted by Crippen LogP contribution is -2.37. The Hall–Kier alpha value is -3.09. The van der Waals surface area contributed by atoms with Gasteiger partial charge in [-0.15, -0.1) is 0 Å². The Kier molecular flexibility index (Phi) is 24.9. The highest BCUT2D eigenvalue weighted by atomic mass is 16.6. The number of carbonyl (C=O) groups excluding carboxylic acids is 3. The highest BCUT2D eigenvalue weighted by molar-refractivity contribution is 5.70. The molecule has 0 aliphatic heterocycles. The van der Waals surface area contributed by atoms with Crippen molar-refractivity contribution in [3.05, 3.63) is 59.7 Å².